The summed E-state index contributed by atoms with van der Waals surface area (Å²) in [5.41, 5.74) is 0. The van der Waals surface area contributed by atoms with Crippen LogP contribution in [0.2, 0.25) is 0 Å². The number of aliphatic hydroxyl groups is 1. The zero-order chi connectivity index (χ0) is 13.9. The fraction of sp³-hybridized carbons (Fsp3) is 0.733. The van der Waals surface area contributed by atoms with Crippen LogP contribution in [0, 0.1) is 5.92 Å². The first-order valence-corrected chi connectivity index (χ1v) is 8.05. The first kappa shape index (κ1) is 16.6. The molecule has 1 atom stereocenters. The fourth-order valence-corrected chi connectivity index (χ4v) is 2.52. The van der Waals surface area contributed by atoms with Crippen LogP contribution in [0.3, 0.4) is 0 Å². The number of ether oxygens (including phenoxy) is 1. The molecule has 0 saturated heterocycles. The molecule has 3 nitrogen and oxygen atoms in total. The van der Waals surface area contributed by atoms with Crippen molar-refractivity contribution in [2.45, 2.75) is 39.2 Å². The van der Waals surface area contributed by atoms with Crippen molar-refractivity contribution < 1.29 is 9.84 Å². The molecule has 4 heteroatoms. The molecule has 110 valence electrons. The standard InChI is InChI=1S/C15H27NO2S/c1-13(2)5-3-9-18-12-14(17)11-16-8-7-15-6-4-10-19-15/h4,6,10,13-14,16-17H,3,5,7-9,11-12H2,1-2H3. The van der Waals surface area contributed by atoms with E-state index in [0.717, 1.165) is 31.9 Å². The summed E-state index contributed by atoms with van der Waals surface area (Å²) in [5.74, 6) is 0.729. The van der Waals surface area contributed by atoms with E-state index in [9.17, 15) is 5.11 Å². The third-order valence-electron chi connectivity index (χ3n) is 2.89. The molecule has 1 aromatic rings. The summed E-state index contributed by atoms with van der Waals surface area (Å²) in [6.45, 7) is 7.13. The molecule has 1 unspecified atom stereocenters. The van der Waals surface area contributed by atoms with Crippen LogP contribution in [0.5, 0.6) is 0 Å². The van der Waals surface area contributed by atoms with Gasteiger partial charge in [-0.1, -0.05) is 19.9 Å². The van der Waals surface area contributed by atoms with Crippen molar-refractivity contribution in [1.82, 2.24) is 5.32 Å². The number of thiophene rings is 1. The highest BCUT2D eigenvalue weighted by Crippen LogP contribution is 2.08. The van der Waals surface area contributed by atoms with Crippen molar-refractivity contribution >= 4 is 11.3 Å². The van der Waals surface area contributed by atoms with Crippen molar-refractivity contribution in [3.8, 4) is 0 Å². The average molecular weight is 285 g/mol. The molecular formula is C15H27NO2S. The summed E-state index contributed by atoms with van der Waals surface area (Å²) in [4.78, 5) is 1.38. The molecule has 0 aromatic carbocycles. The van der Waals surface area contributed by atoms with E-state index in [1.54, 1.807) is 11.3 Å². The molecule has 0 fully saturated rings. The van der Waals surface area contributed by atoms with E-state index in [1.807, 2.05) is 0 Å². The van der Waals surface area contributed by atoms with E-state index >= 15 is 0 Å². The maximum absolute atomic E-state index is 9.73. The van der Waals surface area contributed by atoms with Gasteiger partial charge in [0.1, 0.15) is 0 Å². The monoisotopic (exact) mass is 285 g/mol. The first-order chi connectivity index (χ1) is 9.18. The Labute approximate surface area is 121 Å². The number of nitrogens with one attached hydrogen (secondary N) is 1. The van der Waals surface area contributed by atoms with Gasteiger partial charge < -0.3 is 15.2 Å². The van der Waals surface area contributed by atoms with Gasteiger partial charge in [-0.25, -0.2) is 0 Å². The quantitative estimate of drug-likeness (QED) is 0.614. The molecular weight excluding hydrogens is 258 g/mol. The van der Waals surface area contributed by atoms with E-state index in [2.05, 4.69) is 36.7 Å². The highest BCUT2D eigenvalue weighted by Gasteiger charge is 2.04. The molecule has 1 heterocycles. The second-order valence-electron chi connectivity index (χ2n) is 5.30. The summed E-state index contributed by atoms with van der Waals surface area (Å²) in [6, 6.07) is 4.21. The predicted molar refractivity (Wildman–Crippen MR) is 81.8 cm³/mol. The Bertz CT molecular complexity index is 301. The number of hydrogen-bond acceptors (Lipinski definition) is 4. The van der Waals surface area contributed by atoms with E-state index in [1.165, 1.54) is 11.3 Å². The van der Waals surface area contributed by atoms with Crippen LogP contribution in [-0.4, -0.2) is 37.5 Å². The van der Waals surface area contributed by atoms with Crippen molar-refractivity contribution in [1.29, 1.82) is 0 Å². The van der Waals surface area contributed by atoms with Gasteiger partial charge in [0, 0.05) is 24.6 Å². The van der Waals surface area contributed by atoms with Gasteiger partial charge in [-0.2, -0.15) is 0 Å². The normalized spacial score (nSPS) is 13.1. The summed E-state index contributed by atoms with van der Waals surface area (Å²) < 4.78 is 5.46. The van der Waals surface area contributed by atoms with Crippen molar-refractivity contribution in [2.75, 3.05) is 26.3 Å². The molecule has 1 aromatic heterocycles. The minimum absolute atomic E-state index is 0.401. The van der Waals surface area contributed by atoms with Crippen LogP contribution in [0.15, 0.2) is 17.5 Å². The minimum Gasteiger partial charge on any atom is -0.389 e. The smallest absolute Gasteiger partial charge is 0.0897 e. The maximum atomic E-state index is 9.73. The molecule has 0 aliphatic carbocycles. The zero-order valence-electron chi connectivity index (χ0n) is 12.1. The van der Waals surface area contributed by atoms with E-state index in [4.69, 9.17) is 4.74 Å². The third kappa shape index (κ3) is 9.16. The Morgan fingerprint density at radius 1 is 1.42 bits per heavy atom. The Kier molecular flexibility index (Phi) is 9.08. The van der Waals surface area contributed by atoms with Gasteiger partial charge in [0.15, 0.2) is 0 Å². The Morgan fingerprint density at radius 2 is 2.26 bits per heavy atom. The van der Waals surface area contributed by atoms with Gasteiger partial charge in [-0.3, -0.25) is 0 Å². The van der Waals surface area contributed by atoms with Crippen molar-refractivity contribution in [2.24, 2.45) is 5.92 Å². The summed E-state index contributed by atoms with van der Waals surface area (Å²) in [7, 11) is 0. The van der Waals surface area contributed by atoms with E-state index in [0.29, 0.717) is 13.2 Å². The van der Waals surface area contributed by atoms with Crippen LogP contribution in [0.4, 0.5) is 0 Å². The Hall–Kier alpha value is -0.420. The lowest BCUT2D eigenvalue weighted by molar-refractivity contribution is 0.0349. The van der Waals surface area contributed by atoms with Gasteiger partial charge in [-0.15, -0.1) is 11.3 Å². The maximum Gasteiger partial charge on any atom is 0.0897 e. The summed E-state index contributed by atoms with van der Waals surface area (Å²) >= 11 is 1.78. The molecule has 0 bridgehead atoms. The highest BCUT2D eigenvalue weighted by molar-refractivity contribution is 7.09. The lowest BCUT2D eigenvalue weighted by atomic mass is 10.1. The van der Waals surface area contributed by atoms with E-state index < -0.39 is 6.10 Å². The molecule has 2 N–H and O–H groups in total. The molecule has 0 aliphatic heterocycles. The number of rotatable bonds is 11. The lowest BCUT2D eigenvalue weighted by Gasteiger charge is -2.12. The molecule has 0 aliphatic rings. The highest BCUT2D eigenvalue weighted by atomic mass is 32.1. The average Bonchev–Trinajstić information content (AvgIpc) is 2.87. The van der Waals surface area contributed by atoms with Gasteiger partial charge in [0.05, 0.1) is 12.7 Å². The lowest BCUT2D eigenvalue weighted by Crippen LogP contribution is -2.31. The van der Waals surface area contributed by atoms with Crippen LogP contribution in [-0.2, 0) is 11.2 Å². The number of hydrogen-bond donors (Lipinski definition) is 2. The second-order valence-corrected chi connectivity index (χ2v) is 6.33. The zero-order valence-corrected chi connectivity index (χ0v) is 12.9. The Morgan fingerprint density at radius 3 is 2.95 bits per heavy atom. The molecule has 0 spiro atoms. The van der Waals surface area contributed by atoms with Gasteiger partial charge in [-0.05, 0) is 36.6 Å². The third-order valence-corrected chi connectivity index (χ3v) is 3.82. The molecule has 0 saturated carbocycles. The van der Waals surface area contributed by atoms with Crippen molar-refractivity contribution in [3.63, 3.8) is 0 Å². The van der Waals surface area contributed by atoms with Gasteiger partial charge >= 0.3 is 0 Å². The minimum atomic E-state index is -0.401. The number of aliphatic hydroxyl groups excluding tert-OH is 1. The second kappa shape index (κ2) is 10.4. The van der Waals surface area contributed by atoms with Crippen LogP contribution >= 0.6 is 11.3 Å². The molecule has 1 rings (SSSR count). The van der Waals surface area contributed by atoms with Crippen molar-refractivity contribution in [3.05, 3.63) is 22.4 Å². The molecule has 0 amide bonds. The Balaban J connectivity index is 1.89. The van der Waals surface area contributed by atoms with Crippen LogP contribution in [0.25, 0.3) is 0 Å². The summed E-state index contributed by atoms with van der Waals surface area (Å²) in [6.07, 6.45) is 2.90. The van der Waals surface area contributed by atoms with Gasteiger partial charge in [0.25, 0.3) is 0 Å². The SMILES string of the molecule is CC(C)CCCOCC(O)CNCCc1cccs1. The first-order valence-electron chi connectivity index (χ1n) is 7.17. The topological polar surface area (TPSA) is 41.5 Å². The van der Waals surface area contributed by atoms with Crippen LogP contribution < -0.4 is 5.32 Å². The fourth-order valence-electron chi connectivity index (χ4n) is 1.81. The van der Waals surface area contributed by atoms with E-state index in [-0.39, 0.29) is 0 Å². The molecule has 0 radical (unpaired) electrons. The summed E-state index contributed by atoms with van der Waals surface area (Å²) in [5, 5.41) is 15.1. The van der Waals surface area contributed by atoms with Gasteiger partial charge in [0.2, 0.25) is 0 Å². The largest absolute Gasteiger partial charge is 0.389 e. The van der Waals surface area contributed by atoms with Crippen LogP contribution in [0.1, 0.15) is 31.6 Å². The predicted octanol–water partition coefficient (Wildman–Crippen LogP) is 2.69. The molecule has 19 heavy (non-hydrogen) atoms.